The van der Waals surface area contributed by atoms with Crippen molar-refractivity contribution in [3.05, 3.63) is 0 Å². The van der Waals surface area contributed by atoms with Crippen molar-refractivity contribution < 1.29 is 14.2 Å². The number of nitrogens with zero attached hydrogens (tertiary/aromatic N) is 1. The third kappa shape index (κ3) is 5.82. The molecular formula is C10H20BrNO3. The van der Waals surface area contributed by atoms with Gasteiger partial charge in [0.05, 0.1) is 32.5 Å². The highest BCUT2D eigenvalue weighted by Gasteiger charge is 2.18. The molecule has 0 N–H and O–H groups in total. The lowest BCUT2D eigenvalue weighted by Gasteiger charge is -2.31. The van der Waals surface area contributed by atoms with Crippen LogP contribution in [0.15, 0.2) is 0 Å². The molecule has 0 aromatic heterocycles. The maximum absolute atomic E-state index is 5.55. The van der Waals surface area contributed by atoms with Gasteiger partial charge in [0.15, 0.2) is 0 Å². The van der Waals surface area contributed by atoms with E-state index in [9.17, 15) is 0 Å². The molecule has 1 heterocycles. The first-order valence-corrected chi connectivity index (χ1v) is 6.45. The summed E-state index contributed by atoms with van der Waals surface area (Å²) in [6, 6.07) is 0. The first kappa shape index (κ1) is 13.4. The molecule has 1 atom stereocenters. The highest BCUT2D eigenvalue weighted by atomic mass is 79.9. The van der Waals surface area contributed by atoms with Crippen LogP contribution in [0.25, 0.3) is 0 Å². The summed E-state index contributed by atoms with van der Waals surface area (Å²) in [6.45, 7) is 5.95. The highest BCUT2D eigenvalue weighted by Crippen LogP contribution is 2.06. The minimum atomic E-state index is 0.331. The van der Waals surface area contributed by atoms with Gasteiger partial charge in [0, 0.05) is 32.1 Å². The van der Waals surface area contributed by atoms with Gasteiger partial charge in [0.25, 0.3) is 0 Å². The van der Waals surface area contributed by atoms with Crippen LogP contribution in [-0.2, 0) is 14.2 Å². The molecule has 0 radical (unpaired) electrons. The van der Waals surface area contributed by atoms with E-state index in [2.05, 4.69) is 20.8 Å². The van der Waals surface area contributed by atoms with Crippen LogP contribution in [0.5, 0.6) is 0 Å². The second-order valence-electron chi connectivity index (χ2n) is 3.55. The van der Waals surface area contributed by atoms with E-state index in [1.54, 1.807) is 7.11 Å². The maximum atomic E-state index is 5.55. The summed E-state index contributed by atoms with van der Waals surface area (Å²) in [6.07, 6.45) is 0.331. The van der Waals surface area contributed by atoms with Gasteiger partial charge in [-0.15, -0.1) is 0 Å². The summed E-state index contributed by atoms with van der Waals surface area (Å²) in [5.41, 5.74) is 0. The molecule has 0 aromatic rings. The number of ether oxygens (including phenoxy) is 3. The third-order valence-electron chi connectivity index (χ3n) is 2.38. The van der Waals surface area contributed by atoms with Gasteiger partial charge in [-0.2, -0.15) is 0 Å². The number of hydrogen-bond donors (Lipinski definition) is 0. The van der Waals surface area contributed by atoms with Gasteiger partial charge in [-0.1, -0.05) is 15.9 Å². The van der Waals surface area contributed by atoms with Crippen molar-refractivity contribution in [2.45, 2.75) is 6.10 Å². The Morgan fingerprint density at radius 3 is 3.00 bits per heavy atom. The molecular weight excluding hydrogens is 262 g/mol. The second-order valence-corrected chi connectivity index (χ2v) is 4.20. The fourth-order valence-corrected chi connectivity index (χ4v) is 1.91. The molecule has 90 valence electrons. The lowest BCUT2D eigenvalue weighted by Crippen LogP contribution is -2.44. The zero-order valence-corrected chi connectivity index (χ0v) is 10.9. The van der Waals surface area contributed by atoms with Crippen molar-refractivity contribution in [1.82, 2.24) is 4.90 Å². The van der Waals surface area contributed by atoms with Crippen molar-refractivity contribution in [2.75, 3.05) is 58.5 Å². The summed E-state index contributed by atoms with van der Waals surface area (Å²) in [4.78, 5) is 2.38. The van der Waals surface area contributed by atoms with Gasteiger partial charge >= 0.3 is 0 Å². The first-order chi connectivity index (χ1) is 7.36. The summed E-state index contributed by atoms with van der Waals surface area (Å²) < 4.78 is 15.9. The van der Waals surface area contributed by atoms with Crippen LogP contribution in [0.3, 0.4) is 0 Å². The van der Waals surface area contributed by atoms with Crippen molar-refractivity contribution >= 4 is 15.9 Å². The third-order valence-corrected chi connectivity index (χ3v) is 3.10. The Kier molecular flexibility index (Phi) is 7.56. The molecule has 0 aliphatic carbocycles. The number of morpholine rings is 1. The molecule has 0 amide bonds. The fraction of sp³-hybridized carbons (Fsp3) is 1.00. The molecule has 15 heavy (non-hydrogen) atoms. The Bertz CT molecular complexity index is 160. The molecule has 0 saturated carbocycles. The van der Waals surface area contributed by atoms with Crippen molar-refractivity contribution in [3.8, 4) is 0 Å². The largest absolute Gasteiger partial charge is 0.382 e. The molecule has 1 unspecified atom stereocenters. The first-order valence-electron chi connectivity index (χ1n) is 5.33. The van der Waals surface area contributed by atoms with E-state index in [0.29, 0.717) is 19.3 Å². The summed E-state index contributed by atoms with van der Waals surface area (Å²) in [5, 5.41) is 0.911. The van der Waals surface area contributed by atoms with Gasteiger partial charge in [0.1, 0.15) is 0 Å². The fourth-order valence-electron chi connectivity index (χ4n) is 1.51. The molecule has 0 aromatic carbocycles. The van der Waals surface area contributed by atoms with E-state index in [1.165, 1.54) is 0 Å². The molecule has 0 spiro atoms. The topological polar surface area (TPSA) is 30.9 Å². The van der Waals surface area contributed by atoms with E-state index >= 15 is 0 Å². The number of alkyl halides is 1. The predicted molar refractivity (Wildman–Crippen MR) is 62.7 cm³/mol. The quantitative estimate of drug-likeness (QED) is 0.509. The number of rotatable bonds is 7. The normalized spacial score (nSPS) is 23.2. The van der Waals surface area contributed by atoms with Crippen LogP contribution >= 0.6 is 15.9 Å². The lowest BCUT2D eigenvalue weighted by atomic mass is 10.3. The second kappa shape index (κ2) is 8.47. The van der Waals surface area contributed by atoms with Gasteiger partial charge < -0.3 is 14.2 Å². The van der Waals surface area contributed by atoms with Crippen LogP contribution in [0.2, 0.25) is 0 Å². The minimum Gasteiger partial charge on any atom is -0.382 e. The van der Waals surface area contributed by atoms with Crippen LogP contribution < -0.4 is 0 Å². The standard InChI is InChI=1S/C10H20BrNO3/c1-13-6-7-14-4-2-12-3-5-15-10(8-11)9-12/h10H,2-9H2,1H3. The summed E-state index contributed by atoms with van der Waals surface area (Å²) in [5.74, 6) is 0. The smallest absolute Gasteiger partial charge is 0.0799 e. The van der Waals surface area contributed by atoms with E-state index in [1.807, 2.05) is 0 Å². The van der Waals surface area contributed by atoms with E-state index in [4.69, 9.17) is 14.2 Å². The Labute approximate surface area is 100.0 Å². The number of hydrogen-bond acceptors (Lipinski definition) is 4. The molecule has 1 fully saturated rings. The van der Waals surface area contributed by atoms with Gasteiger partial charge in [-0.3, -0.25) is 4.90 Å². The summed E-state index contributed by atoms with van der Waals surface area (Å²) >= 11 is 3.44. The zero-order chi connectivity index (χ0) is 10.9. The Morgan fingerprint density at radius 2 is 2.27 bits per heavy atom. The summed E-state index contributed by atoms with van der Waals surface area (Å²) in [7, 11) is 1.69. The number of methoxy groups -OCH3 is 1. The zero-order valence-electron chi connectivity index (χ0n) is 9.28. The van der Waals surface area contributed by atoms with Crippen LogP contribution in [0, 0.1) is 0 Å². The van der Waals surface area contributed by atoms with Crippen LogP contribution in [-0.4, -0.2) is 69.5 Å². The molecule has 1 saturated heterocycles. The van der Waals surface area contributed by atoms with Gasteiger partial charge in [0.2, 0.25) is 0 Å². The Hall–Kier alpha value is 0.320. The monoisotopic (exact) mass is 281 g/mol. The van der Waals surface area contributed by atoms with Gasteiger partial charge in [-0.05, 0) is 0 Å². The molecule has 5 heteroatoms. The molecule has 1 aliphatic rings. The Morgan fingerprint density at radius 1 is 1.40 bits per heavy atom. The highest BCUT2D eigenvalue weighted by molar-refractivity contribution is 9.09. The maximum Gasteiger partial charge on any atom is 0.0799 e. The van der Waals surface area contributed by atoms with Crippen molar-refractivity contribution in [3.63, 3.8) is 0 Å². The molecule has 1 aliphatic heterocycles. The van der Waals surface area contributed by atoms with Crippen LogP contribution in [0.4, 0.5) is 0 Å². The van der Waals surface area contributed by atoms with E-state index < -0.39 is 0 Å². The van der Waals surface area contributed by atoms with E-state index in [0.717, 1.165) is 38.2 Å². The minimum absolute atomic E-state index is 0.331. The molecule has 0 bridgehead atoms. The predicted octanol–water partition coefficient (Wildman–Crippen LogP) is 0.745. The molecule has 1 rings (SSSR count). The van der Waals surface area contributed by atoms with Crippen LogP contribution in [0.1, 0.15) is 0 Å². The number of halogens is 1. The van der Waals surface area contributed by atoms with Crippen molar-refractivity contribution in [1.29, 1.82) is 0 Å². The SMILES string of the molecule is COCCOCCN1CCOC(CBr)C1. The average molecular weight is 282 g/mol. The molecule has 4 nitrogen and oxygen atoms in total. The van der Waals surface area contributed by atoms with Crippen molar-refractivity contribution in [2.24, 2.45) is 0 Å². The van der Waals surface area contributed by atoms with E-state index in [-0.39, 0.29) is 0 Å². The van der Waals surface area contributed by atoms with Gasteiger partial charge in [-0.25, -0.2) is 0 Å². The lowest BCUT2D eigenvalue weighted by molar-refractivity contribution is -0.0266. The Balaban J connectivity index is 2.00. The average Bonchev–Trinajstić information content (AvgIpc) is 2.29.